The van der Waals surface area contributed by atoms with Crippen LogP contribution in [-0.2, 0) is 0 Å². The summed E-state index contributed by atoms with van der Waals surface area (Å²) in [6.07, 6.45) is 6.36. The van der Waals surface area contributed by atoms with Crippen molar-refractivity contribution in [1.29, 1.82) is 0 Å². The zero-order valence-corrected chi connectivity index (χ0v) is 9.83. The van der Waals surface area contributed by atoms with Crippen LogP contribution in [0.2, 0.25) is 0 Å². The molecule has 0 aromatic carbocycles. The van der Waals surface area contributed by atoms with Crippen LogP contribution in [0.15, 0.2) is 18.5 Å². The Morgan fingerprint density at radius 3 is 3.00 bits per heavy atom. The molecule has 0 saturated carbocycles. The van der Waals surface area contributed by atoms with E-state index in [0.717, 1.165) is 0 Å². The number of nitrogens with zero attached hydrogens (tertiary/aromatic N) is 1. The minimum atomic E-state index is 0.628. The van der Waals surface area contributed by atoms with Crippen molar-refractivity contribution < 1.29 is 0 Å². The Kier molecular flexibility index (Phi) is 3.06. The van der Waals surface area contributed by atoms with Gasteiger partial charge in [0.2, 0.25) is 0 Å². The third kappa shape index (κ3) is 2.05. The fourth-order valence-corrected chi connectivity index (χ4v) is 2.71. The van der Waals surface area contributed by atoms with Crippen molar-refractivity contribution in [3.05, 3.63) is 29.6 Å². The zero-order chi connectivity index (χ0) is 10.8. The molecule has 1 aromatic rings. The first-order chi connectivity index (χ1) is 7.22. The van der Waals surface area contributed by atoms with Gasteiger partial charge in [0.1, 0.15) is 0 Å². The number of aryl methyl sites for hydroxylation is 1. The molecule has 1 aromatic heterocycles. The molecule has 1 N–H and O–H groups in total. The Labute approximate surface area is 92.1 Å². The van der Waals surface area contributed by atoms with Crippen LogP contribution < -0.4 is 5.32 Å². The van der Waals surface area contributed by atoms with Crippen molar-refractivity contribution in [3.8, 4) is 0 Å². The van der Waals surface area contributed by atoms with E-state index in [9.17, 15) is 0 Å². The summed E-state index contributed by atoms with van der Waals surface area (Å²) in [5.74, 6) is 0.652. The zero-order valence-electron chi connectivity index (χ0n) is 9.83. The van der Waals surface area contributed by atoms with E-state index in [-0.39, 0.29) is 0 Å². The lowest BCUT2D eigenvalue weighted by Crippen LogP contribution is -2.28. The maximum atomic E-state index is 4.26. The van der Waals surface area contributed by atoms with E-state index >= 15 is 0 Å². The van der Waals surface area contributed by atoms with Crippen LogP contribution in [0.25, 0.3) is 0 Å². The topological polar surface area (TPSA) is 24.9 Å². The third-order valence-corrected chi connectivity index (χ3v) is 3.51. The van der Waals surface area contributed by atoms with Gasteiger partial charge < -0.3 is 5.32 Å². The average Bonchev–Trinajstić information content (AvgIpc) is 2.60. The van der Waals surface area contributed by atoms with Gasteiger partial charge in [0.05, 0.1) is 0 Å². The van der Waals surface area contributed by atoms with Crippen LogP contribution in [0.3, 0.4) is 0 Å². The molecule has 15 heavy (non-hydrogen) atoms. The molecule has 2 heterocycles. The first-order valence-corrected chi connectivity index (χ1v) is 5.89. The second-order valence-corrected chi connectivity index (χ2v) is 4.66. The number of hydrogen-bond acceptors (Lipinski definition) is 2. The number of hydrogen-bond donors (Lipinski definition) is 1. The molecular weight excluding hydrogens is 184 g/mol. The summed E-state index contributed by atoms with van der Waals surface area (Å²) in [5.41, 5.74) is 2.81. The molecule has 0 bridgehead atoms. The first-order valence-electron chi connectivity index (χ1n) is 5.89. The highest BCUT2D eigenvalue weighted by atomic mass is 15.0. The van der Waals surface area contributed by atoms with Gasteiger partial charge >= 0.3 is 0 Å². The molecule has 1 aliphatic heterocycles. The summed E-state index contributed by atoms with van der Waals surface area (Å²) < 4.78 is 0. The SMILES string of the molecule is CCC1NC(C)CC1c1cnccc1C. The normalized spacial score (nSPS) is 30.7. The predicted molar refractivity (Wildman–Crippen MR) is 63.0 cm³/mol. The van der Waals surface area contributed by atoms with E-state index in [4.69, 9.17) is 0 Å². The molecule has 0 spiro atoms. The van der Waals surface area contributed by atoms with Crippen molar-refractivity contribution in [2.24, 2.45) is 0 Å². The standard InChI is InChI=1S/C13H20N2/c1-4-13-11(7-10(3)15-13)12-8-14-6-5-9(12)2/h5-6,8,10-11,13,15H,4,7H2,1-3H3. The molecule has 2 heteroatoms. The highest BCUT2D eigenvalue weighted by Crippen LogP contribution is 2.33. The molecule has 3 unspecified atom stereocenters. The predicted octanol–water partition coefficient (Wildman–Crippen LogP) is 2.63. The van der Waals surface area contributed by atoms with Gasteiger partial charge in [0.25, 0.3) is 0 Å². The number of nitrogens with one attached hydrogen (secondary N) is 1. The molecule has 2 nitrogen and oxygen atoms in total. The Bertz CT molecular complexity index is 335. The van der Waals surface area contributed by atoms with E-state index in [0.29, 0.717) is 18.0 Å². The van der Waals surface area contributed by atoms with E-state index in [1.165, 1.54) is 24.0 Å². The molecule has 82 valence electrons. The molecular formula is C13H20N2. The third-order valence-electron chi connectivity index (χ3n) is 3.51. The van der Waals surface area contributed by atoms with Gasteiger partial charge in [-0.25, -0.2) is 0 Å². The highest BCUT2D eigenvalue weighted by Gasteiger charge is 2.31. The van der Waals surface area contributed by atoms with Crippen LogP contribution >= 0.6 is 0 Å². The Balaban J connectivity index is 2.26. The van der Waals surface area contributed by atoms with Gasteiger partial charge in [-0.3, -0.25) is 4.98 Å². The highest BCUT2D eigenvalue weighted by molar-refractivity contribution is 5.28. The minimum absolute atomic E-state index is 0.628. The Hall–Kier alpha value is -0.890. The number of rotatable bonds is 2. The van der Waals surface area contributed by atoms with Crippen LogP contribution in [0.1, 0.15) is 43.7 Å². The summed E-state index contributed by atoms with van der Waals surface area (Å²) in [6.45, 7) is 6.72. The molecule has 1 saturated heterocycles. The largest absolute Gasteiger partial charge is 0.311 e. The number of pyridine rings is 1. The second kappa shape index (κ2) is 4.31. The van der Waals surface area contributed by atoms with E-state index < -0.39 is 0 Å². The van der Waals surface area contributed by atoms with Crippen molar-refractivity contribution in [2.75, 3.05) is 0 Å². The average molecular weight is 204 g/mol. The summed E-state index contributed by atoms with van der Waals surface area (Å²) in [7, 11) is 0. The lowest BCUT2D eigenvalue weighted by Gasteiger charge is -2.19. The van der Waals surface area contributed by atoms with E-state index in [1.54, 1.807) is 0 Å². The van der Waals surface area contributed by atoms with Crippen molar-refractivity contribution in [3.63, 3.8) is 0 Å². The quantitative estimate of drug-likeness (QED) is 0.801. The Morgan fingerprint density at radius 2 is 2.33 bits per heavy atom. The second-order valence-electron chi connectivity index (χ2n) is 4.66. The van der Waals surface area contributed by atoms with Crippen LogP contribution in [0.5, 0.6) is 0 Å². The van der Waals surface area contributed by atoms with Gasteiger partial charge in [-0.05, 0) is 43.9 Å². The summed E-state index contributed by atoms with van der Waals surface area (Å²) in [6, 6.07) is 3.38. The lowest BCUT2D eigenvalue weighted by atomic mass is 9.88. The smallest absolute Gasteiger partial charge is 0.0305 e. The maximum Gasteiger partial charge on any atom is 0.0305 e. The van der Waals surface area contributed by atoms with E-state index in [2.05, 4.69) is 37.1 Å². The molecule has 3 atom stereocenters. The lowest BCUT2D eigenvalue weighted by molar-refractivity contribution is 0.515. The monoisotopic (exact) mass is 204 g/mol. The molecule has 1 fully saturated rings. The molecule has 0 aliphatic carbocycles. The van der Waals surface area contributed by atoms with Gasteiger partial charge in [0.15, 0.2) is 0 Å². The van der Waals surface area contributed by atoms with E-state index in [1.807, 2.05) is 12.4 Å². The van der Waals surface area contributed by atoms with Gasteiger partial charge in [-0.1, -0.05) is 6.92 Å². The molecule has 1 aliphatic rings. The minimum Gasteiger partial charge on any atom is -0.311 e. The van der Waals surface area contributed by atoms with Crippen molar-refractivity contribution in [2.45, 2.75) is 51.6 Å². The Morgan fingerprint density at radius 1 is 1.53 bits per heavy atom. The number of aromatic nitrogens is 1. The van der Waals surface area contributed by atoms with Crippen molar-refractivity contribution in [1.82, 2.24) is 10.3 Å². The van der Waals surface area contributed by atoms with Crippen molar-refractivity contribution >= 4 is 0 Å². The van der Waals surface area contributed by atoms with Gasteiger partial charge in [-0.2, -0.15) is 0 Å². The fraction of sp³-hybridized carbons (Fsp3) is 0.615. The molecule has 0 amide bonds. The fourth-order valence-electron chi connectivity index (χ4n) is 2.71. The first kappa shape index (κ1) is 10.6. The summed E-state index contributed by atoms with van der Waals surface area (Å²) in [5, 5.41) is 3.65. The van der Waals surface area contributed by atoms with Gasteiger partial charge in [-0.15, -0.1) is 0 Å². The van der Waals surface area contributed by atoms with Gasteiger partial charge in [0, 0.05) is 30.4 Å². The molecule has 0 radical (unpaired) electrons. The van der Waals surface area contributed by atoms with Crippen LogP contribution in [0.4, 0.5) is 0 Å². The van der Waals surface area contributed by atoms with Crippen LogP contribution in [0, 0.1) is 6.92 Å². The maximum absolute atomic E-state index is 4.26. The summed E-state index contributed by atoms with van der Waals surface area (Å²) >= 11 is 0. The van der Waals surface area contributed by atoms with Crippen LogP contribution in [-0.4, -0.2) is 17.1 Å². The summed E-state index contributed by atoms with van der Waals surface area (Å²) in [4.78, 5) is 4.26. The molecule has 2 rings (SSSR count).